The first-order chi connectivity index (χ1) is 16.5. The minimum absolute atomic E-state index is 0.0361. The summed E-state index contributed by atoms with van der Waals surface area (Å²) >= 11 is 0. The van der Waals surface area contributed by atoms with Crippen molar-refractivity contribution in [2.24, 2.45) is 0 Å². The first-order valence-electron chi connectivity index (χ1n) is 10.8. The van der Waals surface area contributed by atoms with E-state index in [1.807, 2.05) is 6.07 Å². The predicted molar refractivity (Wildman–Crippen MR) is 125 cm³/mol. The number of benzene rings is 3. The molecule has 1 aliphatic rings. The summed E-state index contributed by atoms with van der Waals surface area (Å²) in [5.41, 5.74) is 1.85. The number of ether oxygens (including phenoxy) is 1. The number of carbonyl (C=O) groups is 2. The van der Waals surface area contributed by atoms with Gasteiger partial charge in [-0.2, -0.15) is 0 Å². The Hall–Kier alpha value is -4.23. The van der Waals surface area contributed by atoms with Crippen molar-refractivity contribution in [2.45, 2.75) is 12.1 Å². The molecule has 34 heavy (non-hydrogen) atoms. The number of amides is 1. The molecule has 0 fully saturated rings. The van der Waals surface area contributed by atoms with Crippen molar-refractivity contribution in [3.8, 4) is 0 Å². The van der Waals surface area contributed by atoms with Gasteiger partial charge < -0.3 is 19.2 Å². The van der Waals surface area contributed by atoms with Crippen molar-refractivity contribution < 1.29 is 23.8 Å². The van der Waals surface area contributed by atoms with Crippen LogP contribution in [0, 0.1) is 0 Å². The van der Waals surface area contributed by atoms with Crippen molar-refractivity contribution >= 4 is 22.8 Å². The normalized spacial score (nSPS) is 15.9. The third-order valence-electron chi connectivity index (χ3n) is 6.07. The zero-order valence-corrected chi connectivity index (χ0v) is 18.3. The van der Waals surface area contributed by atoms with E-state index in [-0.39, 0.29) is 23.3 Å². The third kappa shape index (κ3) is 3.56. The highest BCUT2D eigenvalue weighted by Gasteiger charge is 2.43. The fourth-order valence-electron chi connectivity index (χ4n) is 4.39. The Morgan fingerprint density at radius 1 is 1.00 bits per heavy atom. The summed E-state index contributed by atoms with van der Waals surface area (Å²) in [6.45, 7) is -0.0494. The van der Waals surface area contributed by atoms with Crippen LogP contribution in [0.25, 0.3) is 11.0 Å². The molecule has 170 valence electrons. The standard InChI is InChI=1S/C27H21NO6/c1-33-27(32)18-13-11-17(12-14-18)23-22-24(30)19-9-5-6-10-21(19)34-25(22)26(31)28(23)15-20(29)16-7-3-2-4-8-16/h2-14,20,23,29H,15H2,1H3/t20-,23-/m0/s1. The van der Waals surface area contributed by atoms with Gasteiger partial charge in [-0.1, -0.05) is 54.6 Å². The van der Waals surface area contributed by atoms with Gasteiger partial charge in [-0.25, -0.2) is 4.79 Å². The minimum atomic E-state index is -0.971. The minimum Gasteiger partial charge on any atom is -0.465 e. The summed E-state index contributed by atoms with van der Waals surface area (Å²) in [6.07, 6.45) is -0.971. The Morgan fingerprint density at radius 2 is 1.68 bits per heavy atom. The second-order valence-corrected chi connectivity index (χ2v) is 8.07. The Labute approximate surface area is 194 Å². The number of esters is 1. The van der Waals surface area contributed by atoms with E-state index < -0.39 is 24.0 Å². The van der Waals surface area contributed by atoms with Gasteiger partial charge in [-0.05, 0) is 35.4 Å². The molecule has 7 heteroatoms. The number of carbonyl (C=O) groups excluding carboxylic acids is 2. The van der Waals surface area contributed by atoms with Crippen molar-refractivity contribution in [3.05, 3.63) is 117 Å². The Bertz CT molecular complexity index is 1440. The molecule has 1 aliphatic heterocycles. The maximum Gasteiger partial charge on any atom is 0.337 e. The molecule has 0 saturated carbocycles. The molecule has 0 aliphatic carbocycles. The Morgan fingerprint density at radius 3 is 2.38 bits per heavy atom. The monoisotopic (exact) mass is 455 g/mol. The molecular formula is C27H21NO6. The molecule has 7 nitrogen and oxygen atoms in total. The fraction of sp³-hybridized carbons (Fsp3) is 0.148. The van der Waals surface area contributed by atoms with E-state index >= 15 is 0 Å². The predicted octanol–water partition coefficient (Wildman–Crippen LogP) is 3.86. The fourth-order valence-corrected chi connectivity index (χ4v) is 4.39. The van der Waals surface area contributed by atoms with Crippen molar-refractivity contribution in [3.63, 3.8) is 0 Å². The molecule has 0 bridgehead atoms. The van der Waals surface area contributed by atoms with E-state index in [1.165, 1.54) is 12.0 Å². The number of aliphatic hydroxyl groups is 1. The number of methoxy groups -OCH3 is 1. The summed E-state index contributed by atoms with van der Waals surface area (Å²) < 4.78 is 10.7. The molecule has 0 radical (unpaired) electrons. The second kappa shape index (κ2) is 8.61. The molecule has 4 aromatic rings. The molecule has 1 amide bonds. The van der Waals surface area contributed by atoms with E-state index in [1.54, 1.807) is 72.8 Å². The SMILES string of the molecule is COC(=O)c1ccc([C@H]2c3c(oc4ccccc4c3=O)C(=O)N2C[C@H](O)c2ccccc2)cc1. The van der Waals surface area contributed by atoms with Crippen LogP contribution in [0.5, 0.6) is 0 Å². The number of rotatable bonds is 5. The summed E-state index contributed by atoms with van der Waals surface area (Å²) in [5.74, 6) is -1.00. The van der Waals surface area contributed by atoms with Crippen LogP contribution in [0.3, 0.4) is 0 Å². The summed E-state index contributed by atoms with van der Waals surface area (Å²) in [7, 11) is 1.30. The lowest BCUT2D eigenvalue weighted by Gasteiger charge is -2.27. The van der Waals surface area contributed by atoms with Crippen molar-refractivity contribution in [2.75, 3.05) is 13.7 Å². The summed E-state index contributed by atoms with van der Waals surface area (Å²) in [4.78, 5) is 40.3. The topological polar surface area (TPSA) is 97.0 Å². The molecule has 5 rings (SSSR count). The number of β-amino-alcohol motifs (C(OH)–C–C–N with tert-alkyl or cyclic N) is 1. The number of hydrogen-bond acceptors (Lipinski definition) is 6. The number of aliphatic hydroxyl groups excluding tert-OH is 1. The summed E-state index contributed by atoms with van der Waals surface area (Å²) in [6, 6.07) is 21.5. The van der Waals surface area contributed by atoms with Crippen LogP contribution in [-0.2, 0) is 4.74 Å². The van der Waals surface area contributed by atoms with Crippen LogP contribution in [0.1, 0.15) is 49.7 Å². The molecule has 1 aromatic heterocycles. The van der Waals surface area contributed by atoms with E-state index in [4.69, 9.17) is 9.15 Å². The van der Waals surface area contributed by atoms with E-state index in [2.05, 4.69) is 0 Å². The van der Waals surface area contributed by atoms with Crippen LogP contribution in [0.4, 0.5) is 0 Å². The van der Waals surface area contributed by atoms with Crippen molar-refractivity contribution in [1.82, 2.24) is 4.90 Å². The average molecular weight is 455 g/mol. The van der Waals surface area contributed by atoms with Crippen molar-refractivity contribution in [1.29, 1.82) is 0 Å². The molecule has 0 saturated heterocycles. The van der Waals surface area contributed by atoms with E-state index in [0.717, 1.165) is 0 Å². The van der Waals surface area contributed by atoms with Crippen LogP contribution >= 0.6 is 0 Å². The molecule has 0 unspecified atom stereocenters. The van der Waals surface area contributed by atoms with Crippen LogP contribution < -0.4 is 5.43 Å². The maximum atomic E-state index is 13.5. The van der Waals surface area contributed by atoms with Gasteiger partial charge in [0.25, 0.3) is 5.91 Å². The van der Waals surface area contributed by atoms with E-state index in [9.17, 15) is 19.5 Å². The van der Waals surface area contributed by atoms with Gasteiger partial charge in [-0.3, -0.25) is 9.59 Å². The largest absolute Gasteiger partial charge is 0.465 e. The molecule has 3 aromatic carbocycles. The molecule has 2 atom stereocenters. The molecule has 2 heterocycles. The zero-order valence-electron chi connectivity index (χ0n) is 18.3. The van der Waals surface area contributed by atoms with Gasteiger partial charge in [0.15, 0.2) is 5.43 Å². The first-order valence-corrected chi connectivity index (χ1v) is 10.8. The maximum absolute atomic E-state index is 13.5. The highest BCUT2D eigenvalue weighted by atomic mass is 16.5. The van der Waals surface area contributed by atoms with Gasteiger partial charge in [-0.15, -0.1) is 0 Å². The lowest BCUT2D eigenvalue weighted by molar-refractivity contribution is 0.0579. The van der Waals surface area contributed by atoms with Gasteiger partial charge >= 0.3 is 5.97 Å². The van der Waals surface area contributed by atoms with Crippen LogP contribution in [-0.4, -0.2) is 35.5 Å². The lowest BCUT2D eigenvalue weighted by atomic mass is 9.97. The number of fused-ring (bicyclic) bond motifs is 2. The number of hydrogen-bond donors (Lipinski definition) is 1. The smallest absolute Gasteiger partial charge is 0.337 e. The second-order valence-electron chi connectivity index (χ2n) is 8.07. The Balaban J connectivity index is 1.64. The first kappa shape index (κ1) is 21.6. The Kier molecular flexibility index (Phi) is 5.47. The van der Waals surface area contributed by atoms with Crippen LogP contribution in [0.2, 0.25) is 0 Å². The van der Waals surface area contributed by atoms with E-state index in [0.29, 0.717) is 27.7 Å². The van der Waals surface area contributed by atoms with Gasteiger partial charge in [0.05, 0.1) is 42.3 Å². The van der Waals surface area contributed by atoms with Crippen LogP contribution in [0.15, 0.2) is 88.1 Å². The number of para-hydroxylation sites is 1. The van der Waals surface area contributed by atoms with Gasteiger partial charge in [0.2, 0.25) is 5.76 Å². The summed E-state index contributed by atoms with van der Waals surface area (Å²) in [5, 5.41) is 11.3. The molecular weight excluding hydrogens is 434 g/mol. The average Bonchev–Trinajstić information content (AvgIpc) is 3.15. The third-order valence-corrected chi connectivity index (χ3v) is 6.07. The zero-order chi connectivity index (χ0) is 23.8. The highest BCUT2D eigenvalue weighted by molar-refractivity contribution is 5.99. The quantitative estimate of drug-likeness (QED) is 0.459. The lowest BCUT2D eigenvalue weighted by Crippen LogP contribution is -2.33. The molecule has 0 spiro atoms. The van der Waals surface area contributed by atoms with Gasteiger partial charge in [0, 0.05) is 0 Å². The molecule has 1 N–H and O–H groups in total. The highest BCUT2D eigenvalue weighted by Crippen LogP contribution is 2.39. The van der Waals surface area contributed by atoms with Gasteiger partial charge in [0.1, 0.15) is 5.58 Å². The number of nitrogens with zero attached hydrogens (tertiary/aromatic N) is 1.